The zero-order chi connectivity index (χ0) is 16.7. The Hall–Kier alpha value is -1.20. The Morgan fingerprint density at radius 2 is 2.00 bits per heavy atom. The van der Waals surface area contributed by atoms with Crippen LogP contribution in [0.1, 0.15) is 33.1 Å². The molecule has 0 bridgehead atoms. The number of ether oxygens (including phenoxy) is 1. The molecule has 1 aliphatic rings. The third kappa shape index (κ3) is 5.15. The predicted molar refractivity (Wildman–Crippen MR) is 96.2 cm³/mol. The van der Waals surface area contributed by atoms with Gasteiger partial charge in [-0.1, -0.05) is 6.92 Å². The molecule has 1 aromatic carbocycles. The van der Waals surface area contributed by atoms with Crippen molar-refractivity contribution in [1.29, 1.82) is 0 Å². The van der Waals surface area contributed by atoms with Crippen molar-refractivity contribution >= 4 is 17.7 Å². The Balaban J connectivity index is 1.99. The molecule has 0 aliphatic carbocycles. The summed E-state index contributed by atoms with van der Waals surface area (Å²) in [5.74, 6) is 1.11. The highest BCUT2D eigenvalue weighted by Gasteiger charge is 2.28. The van der Waals surface area contributed by atoms with E-state index in [9.17, 15) is 4.79 Å². The van der Waals surface area contributed by atoms with E-state index in [4.69, 9.17) is 4.74 Å². The predicted octanol–water partition coefficient (Wildman–Crippen LogP) is 3.17. The minimum Gasteiger partial charge on any atom is -0.497 e. The molecule has 1 atom stereocenters. The second-order valence-corrected chi connectivity index (χ2v) is 7.36. The minimum atomic E-state index is -0.0650. The third-order valence-corrected chi connectivity index (χ3v) is 5.32. The number of nitrogens with zero attached hydrogens (tertiary/aromatic N) is 1. The number of nitrogens with one attached hydrogen (secondary N) is 1. The van der Waals surface area contributed by atoms with E-state index in [2.05, 4.69) is 17.1 Å². The molecule has 5 heteroatoms. The summed E-state index contributed by atoms with van der Waals surface area (Å²) in [6.07, 6.45) is 3.13. The molecule has 1 N–H and O–H groups in total. The summed E-state index contributed by atoms with van der Waals surface area (Å²) in [5.41, 5.74) is 0. The lowest BCUT2D eigenvalue weighted by Gasteiger charge is -2.36. The summed E-state index contributed by atoms with van der Waals surface area (Å²) in [7, 11) is 1.66. The van der Waals surface area contributed by atoms with Gasteiger partial charge in [0.2, 0.25) is 5.91 Å². The molecule has 1 heterocycles. The van der Waals surface area contributed by atoms with Crippen LogP contribution in [0.5, 0.6) is 5.75 Å². The highest BCUT2D eigenvalue weighted by Crippen LogP contribution is 2.27. The molecule has 0 aromatic heterocycles. The topological polar surface area (TPSA) is 41.6 Å². The summed E-state index contributed by atoms with van der Waals surface area (Å²) in [6, 6.07) is 8.30. The first kappa shape index (κ1) is 18.1. The molecule has 0 radical (unpaired) electrons. The molecule has 128 valence electrons. The molecule has 4 nitrogen and oxygen atoms in total. The molecular formula is C18H28N2O2S. The van der Waals surface area contributed by atoms with E-state index in [0.717, 1.165) is 49.5 Å². The number of benzene rings is 1. The van der Waals surface area contributed by atoms with Crippen molar-refractivity contribution in [2.45, 2.75) is 49.3 Å². The Morgan fingerprint density at radius 3 is 2.57 bits per heavy atom. The number of carbonyl (C=O) groups excluding carboxylic acids is 1. The van der Waals surface area contributed by atoms with Gasteiger partial charge in [-0.15, -0.1) is 11.8 Å². The minimum absolute atomic E-state index is 0.0650. The van der Waals surface area contributed by atoms with E-state index in [1.807, 2.05) is 31.2 Å². The summed E-state index contributed by atoms with van der Waals surface area (Å²) in [4.78, 5) is 16.1. The molecule has 1 unspecified atom stereocenters. The molecular weight excluding hydrogens is 308 g/mol. The van der Waals surface area contributed by atoms with Crippen molar-refractivity contribution in [3.8, 4) is 5.75 Å². The van der Waals surface area contributed by atoms with Crippen LogP contribution in [0.4, 0.5) is 0 Å². The number of thioether (sulfide) groups is 1. The van der Waals surface area contributed by atoms with Crippen LogP contribution >= 0.6 is 11.8 Å². The van der Waals surface area contributed by atoms with E-state index in [0.29, 0.717) is 6.04 Å². The van der Waals surface area contributed by atoms with Crippen LogP contribution < -0.4 is 10.1 Å². The Labute approximate surface area is 144 Å². The van der Waals surface area contributed by atoms with Crippen molar-refractivity contribution in [3.05, 3.63) is 24.3 Å². The van der Waals surface area contributed by atoms with E-state index in [1.54, 1.807) is 18.9 Å². The van der Waals surface area contributed by atoms with Gasteiger partial charge in [0.05, 0.1) is 12.4 Å². The number of carbonyl (C=O) groups is 1. The van der Waals surface area contributed by atoms with Crippen LogP contribution in [-0.4, -0.2) is 48.8 Å². The van der Waals surface area contributed by atoms with Gasteiger partial charge in [0.1, 0.15) is 5.75 Å². The average molecular weight is 337 g/mol. The molecule has 1 aliphatic heterocycles. The van der Waals surface area contributed by atoms with Crippen molar-refractivity contribution in [2.75, 3.05) is 26.7 Å². The van der Waals surface area contributed by atoms with Gasteiger partial charge in [-0.3, -0.25) is 4.79 Å². The number of hydrogen-bond acceptors (Lipinski definition) is 4. The summed E-state index contributed by atoms with van der Waals surface area (Å²) >= 11 is 1.63. The molecule has 1 saturated heterocycles. The normalized spacial score (nSPS) is 16.8. The molecule has 2 rings (SSSR count). The van der Waals surface area contributed by atoms with Crippen molar-refractivity contribution in [1.82, 2.24) is 10.2 Å². The second-order valence-electron chi connectivity index (χ2n) is 5.95. The number of methoxy groups -OCH3 is 1. The van der Waals surface area contributed by atoms with Crippen LogP contribution in [0, 0.1) is 0 Å². The first-order valence-corrected chi connectivity index (χ1v) is 9.35. The monoisotopic (exact) mass is 336 g/mol. The second kappa shape index (κ2) is 9.18. The summed E-state index contributed by atoms with van der Waals surface area (Å²) in [5, 5.41) is 3.31. The van der Waals surface area contributed by atoms with Crippen LogP contribution in [-0.2, 0) is 4.79 Å². The van der Waals surface area contributed by atoms with Crippen LogP contribution in [0.25, 0.3) is 0 Å². The largest absolute Gasteiger partial charge is 0.497 e. The quantitative estimate of drug-likeness (QED) is 0.777. The smallest absolute Gasteiger partial charge is 0.236 e. The molecule has 23 heavy (non-hydrogen) atoms. The van der Waals surface area contributed by atoms with Gasteiger partial charge in [-0.2, -0.15) is 0 Å². The molecule has 0 spiro atoms. The zero-order valence-corrected chi connectivity index (χ0v) is 15.2. The number of amides is 1. The van der Waals surface area contributed by atoms with E-state index >= 15 is 0 Å². The van der Waals surface area contributed by atoms with Crippen LogP contribution in [0.15, 0.2) is 29.2 Å². The van der Waals surface area contributed by atoms with Gasteiger partial charge < -0.3 is 15.0 Å². The standard InChI is InChI=1S/C18H28N2O2S/c1-4-13-20(15-9-11-19-12-10-15)18(21)14(2)23-17-7-5-16(22-3)6-8-17/h5-8,14-15,19H,4,9-13H2,1-3H3. The first-order chi connectivity index (χ1) is 11.2. The lowest BCUT2D eigenvalue weighted by Crippen LogP contribution is -2.48. The lowest BCUT2D eigenvalue weighted by molar-refractivity contribution is -0.133. The zero-order valence-electron chi connectivity index (χ0n) is 14.4. The van der Waals surface area contributed by atoms with Crippen molar-refractivity contribution in [3.63, 3.8) is 0 Å². The van der Waals surface area contributed by atoms with Crippen molar-refractivity contribution < 1.29 is 9.53 Å². The fourth-order valence-electron chi connectivity index (χ4n) is 2.97. The maximum Gasteiger partial charge on any atom is 0.236 e. The number of hydrogen-bond donors (Lipinski definition) is 1. The van der Waals surface area contributed by atoms with E-state index < -0.39 is 0 Å². The maximum absolute atomic E-state index is 12.9. The van der Waals surface area contributed by atoms with Gasteiger partial charge in [0, 0.05) is 17.5 Å². The van der Waals surface area contributed by atoms with Gasteiger partial charge in [-0.25, -0.2) is 0 Å². The van der Waals surface area contributed by atoms with Gasteiger partial charge >= 0.3 is 0 Å². The summed E-state index contributed by atoms with van der Waals surface area (Å²) in [6.45, 7) is 7.04. The molecule has 0 saturated carbocycles. The fraction of sp³-hybridized carbons (Fsp3) is 0.611. The van der Waals surface area contributed by atoms with Crippen LogP contribution in [0.2, 0.25) is 0 Å². The fourth-order valence-corrected chi connectivity index (χ4v) is 3.91. The average Bonchev–Trinajstić information content (AvgIpc) is 2.60. The van der Waals surface area contributed by atoms with Gasteiger partial charge in [-0.05, 0) is 63.5 Å². The molecule has 1 fully saturated rings. The Morgan fingerprint density at radius 1 is 1.35 bits per heavy atom. The van der Waals surface area contributed by atoms with Gasteiger partial charge in [0.25, 0.3) is 0 Å². The Kier molecular flexibility index (Phi) is 7.24. The third-order valence-electron chi connectivity index (χ3n) is 4.22. The molecule has 1 aromatic rings. The van der Waals surface area contributed by atoms with Crippen LogP contribution in [0.3, 0.4) is 0 Å². The summed E-state index contributed by atoms with van der Waals surface area (Å²) < 4.78 is 5.18. The highest BCUT2D eigenvalue weighted by molar-refractivity contribution is 8.00. The van der Waals surface area contributed by atoms with E-state index in [-0.39, 0.29) is 11.2 Å². The number of piperidine rings is 1. The van der Waals surface area contributed by atoms with Crippen molar-refractivity contribution in [2.24, 2.45) is 0 Å². The Bertz CT molecular complexity index is 486. The SMILES string of the molecule is CCCN(C(=O)C(C)Sc1ccc(OC)cc1)C1CCNCC1. The molecule has 1 amide bonds. The van der Waals surface area contributed by atoms with E-state index in [1.165, 1.54) is 0 Å². The van der Waals surface area contributed by atoms with Gasteiger partial charge in [0.15, 0.2) is 0 Å². The highest BCUT2D eigenvalue weighted by atomic mass is 32.2. The first-order valence-electron chi connectivity index (χ1n) is 8.47. The maximum atomic E-state index is 12.9. The number of rotatable bonds is 7. The lowest BCUT2D eigenvalue weighted by atomic mass is 10.0.